The maximum Gasteiger partial charge on any atom is 0.325 e. The van der Waals surface area contributed by atoms with Crippen LogP contribution in [-0.2, 0) is 18.6 Å². The summed E-state index contributed by atoms with van der Waals surface area (Å²) in [6, 6.07) is 0. The van der Waals surface area contributed by atoms with Gasteiger partial charge in [0.05, 0.1) is 12.7 Å². The van der Waals surface area contributed by atoms with Crippen LogP contribution in [0.4, 0.5) is 0 Å². The minimum absolute atomic E-state index is 0.0185. The van der Waals surface area contributed by atoms with Gasteiger partial charge in [-0.25, -0.2) is 0 Å². The Kier molecular flexibility index (Phi) is 5.13. The Balaban J connectivity index is 2.86. The van der Waals surface area contributed by atoms with Crippen LogP contribution in [0.3, 0.4) is 0 Å². The highest BCUT2D eigenvalue weighted by atomic mass is 31.2. The molecule has 0 aromatic rings. The van der Waals surface area contributed by atoms with Gasteiger partial charge in [0.2, 0.25) is 0 Å². The van der Waals surface area contributed by atoms with Gasteiger partial charge in [0.1, 0.15) is 11.7 Å². The number of nitrogens with one attached hydrogen (secondary N) is 1. The van der Waals surface area contributed by atoms with E-state index in [1.807, 2.05) is 6.92 Å². The molecule has 0 radical (unpaired) electrons. The van der Waals surface area contributed by atoms with Gasteiger partial charge in [0.25, 0.3) is 0 Å². The molecule has 1 heterocycles. The molecule has 0 aromatic carbocycles. The summed E-state index contributed by atoms with van der Waals surface area (Å²) >= 11 is 0. The predicted molar refractivity (Wildman–Crippen MR) is 64.3 cm³/mol. The van der Waals surface area contributed by atoms with Gasteiger partial charge in [-0.3, -0.25) is 4.57 Å². The molecule has 1 aliphatic heterocycles. The van der Waals surface area contributed by atoms with Crippen LogP contribution in [0.1, 0.15) is 13.3 Å². The Morgan fingerprint density at radius 2 is 2.29 bits per heavy atom. The molecule has 1 rings (SSSR count). The fourth-order valence-corrected chi connectivity index (χ4v) is 3.04. The van der Waals surface area contributed by atoms with Crippen molar-refractivity contribution < 1.29 is 23.5 Å². The third kappa shape index (κ3) is 4.02. The van der Waals surface area contributed by atoms with E-state index in [-0.39, 0.29) is 6.10 Å². The Labute approximate surface area is 102 Å². The molecule has 6 nitrogen and oxygen atoms in total. The Hall–Kier alpha value is 0.0300. The van der Waals surface area contributed by atoms with Crippen molar-refractivity contribution in [1.29, 1.82) is 0 Å². The first kappa shape index (κ1) is 15.1. The number of rotatable bonds is 6. The third-order valence-electron chi connectivity index (χ3n) is 2.76. The molecule has 2 N–H and O–H groups in total. The summed E-state index contributed by atoms with van der Waals surface area (Å²) in [4.78, 5) is 9.35. The molecule has 17 heavy (non-hydrogen) atoms. The average Bonchev–Trinajstić information content (AvgIpc) is 2.41. The van der Waals surface area contributed by atoms with Gasteiger partial charge >= 0.3 is 7.60 Å². The van der Waals surface area contributed by atoms with E-state index in [0.717, 1.165) is 0 Å². The summed E-state index contributed by atoms with van der Waals surface area (Å²) in [7, 11) is -0.160. The topological polar surface area (TPSA) is 77.0 Å². The molecule has 7 heteroatoms. The summed E-state index contributed by atoms with van der Waals surface area (Å²) in [5.74, 6) is 0. The lowest BCUT2D eigenvalue weighted by molar-refractivity contribution is -0.108. The number of ether oxygens (including phenoxy) is 2. The van der Waals surface area contributed by atoms with Gasteiger partial charge in [0, 0.05) is 26.7 Å². The summed E-state index contributed by atoms with van der Waals surface area (Å²) < 4.78 is 27.6. The van der Waals surface area contributed by atoms with Gasteiger partial charge in [-0.05, 0) is 14.0 Å². The van der Waals surface area contributed by atoms with Crippen LogP contribution >= 0.6 is 7.60 Å². The van der Waals surface area contributed by atoms with Crippen molar-refractivity contribution in [2.24, 2.45) is 0 Å². The second-order valence-corrected chi connectivity index (χ2v) is 6.41. The van der Waals surface area contributed by atoms with E-state index in [1.54, 1.807) is 14.2 Å². The predicted octanol–water partition coefficient (Wildman–Crippen LogP) is 0.600. The van der Waals surface area contributed by atoms with Crippen LogP contribution in [0.5, 0.6) is 0 Å². The summed E-state index contributed by atoms with van der Waals surface area (Å²) in [6.45, 7) is 3.94. The first-order valence-corrected chi connectivity index (χ1v) is 7.65. The SMILES string of the molecule is CNC[C@]1(COC)O[C@@H](C)CC1OP(C)(=O)O. The quantitative estimate of drug-likeness (QED) is 0.686. The fraction of sp³-hybridized carbons (Fsp3) is 1.00. The Morgan fingerprint density at radius 3 is 2.76 bits per heavy atom. The standard InChI is InChI=1S/C10H22NO5P/c1-8-5-9(16-17(4,12)13)10(15-8,6-11-2)7-14-3/h8-9,11H,5-7H2,1-4H3,(H,12,13)/t8-,9?,10+/m0/s1. The molecular formula is C10H22NO5P. The fourth-order valence-electron chi connectivity index (χ4n) is 2.29. The maximum absolute atomic E-state index is 11.4. The first-order chi connectivity index (χ1) is 7.83. The van der Waals surface area contributed by atoms with E-state index in [1.165, 1.54) is 6.66 Å². The molecule has 0 amide bonds. The van der Waals surface area contributed by atoms with E-state index >= 15 is 0 Å². The van der Waals surface area contributed by atoms with Gasteiger partial charge in [0.15, 0.2) is 0 Å². The lowest BCUT2D eigenvalue weighted by Crippen LogP contribution is -2.51. The normalized spacial score (nSPS) is 37.0. The monoisotopic (exact) mass is 267 g/mol. The number of likely N-dealkylation sites (N-methyl/N-ethyl adjacent to an activating group) is 1. The van der Waals surface area contributed by atoms with Gasteiger partial charge in [-0.15, -0.1) is 0 Å². The van der Waals surface area contributed by atoms with E-state index < -0.39 is 19.3 Å². The Bertz CT molecular complexity index is 286. The van der Waals surface area contributed by atoms with Crippen molar-refractivity contribution in [1.82, 2.24) is 5.32 Å². The minimum atomic E-state index is -3.53. The van der Waals surface area contributed by atoms with Crippen molar-refractivity contribution in [3.8, 4) is 0 Å². The summed E-state index contributed by atoms with van der Waals surface area (Å²) in [5.41, 5.74) is -0.697. The Morgan fingerprint density at radius 1 is 1.65 bits per heavy atom. The minimum Gasteiger partial charge on any atom is -0.382 e. The highest BCUT2D eigenvalue weighted by Crippen LogP contribution is 2.45. The van der Waals surface area contributed by atoms with Crippen LogP contribution in [-0.4, -0.2) is 56.7 Å². The van der Waals surface area contributed by atoms with E-state index in [0.29, 0.717) is 19.6 Å². The number of hydrogen-bond donors (Lipinski definition) is 2. The molecule has 0 bridgehead atoms. The molecule has 0 saturated carbocycles. The zero-order chi connectivity index (χ0) is 13.1. The molecule has 1 fully saturated rings. The lowest BCUT2D eigenvalue weighted by atomic mass is 9.97. The van der Waals surface area contributed by atoms with Crippen LogP contribution in [0.2, 0.25) is 0 Å². The third-order valence-corrected chi connectivity index (χ3v) is 3.40. The number of hydrogen-bond acceptors (Lipinski definition) is 5. The largest absolute Gasteiger partial charge is 0.382 e. The van der Waals surface area contributed by atoms with Gasteiger partial charge in [-0.1, -0.05) is 0 Å². The van der Waals surface area contributed by atoms with Crippen molar-refractivity contribution in [2.45, 2.75) is 31.2 Å². The van der Waals surface area contributed by atoms with Crippen molar-refractivity contribution in [2.75, 3.05) is 34.0 Å². The highest BCUT2D eigenvalue weighted by Gasteiger charge is 2.49. The molecule has 102 valence electrons. The van der Waals surface area contributed by atoms with E-state index in [9.17, 15) is 9.46 Å². The second-order valence-electron chi connectivity index (χ2n) is 4.59. The lowest BCUT2D eigenvalue weighted by Gasteiger charge is -2.33. The molecule has 1 saturated heterocycles. The zero-order valence-corrected chi connectivity index (χ0v) is 11.7. The second kappa shape index (κ2) is 5.78. The van der Waals surface area contributed by atoms with Crippen molar-refractivity contribution >= 4 is 7.60 Å². The first-order valence-electron chi connectivity index (χ1n) is 5.63. The highest BCUT2D eigenvalue weighted by molar-refractivity contribution is 7.51. The van der Waals surface area contributed by atoms with Gasteiger partial charge < -0.3 is 24.2 Å². The summed E-state index contributed by atoms with van der Waals surface area (Å²) in [5, 5.41) is 3.02. The van der Waals surface area contributed by atoms with Crippen molar-refractivity contribution in [3.63, 3.8) is 0 Å². The zero-order valence-electron chi connectivity index (χ0n) is 10.8. The summed E-state index contributed by atoms with van der Waals surface area (Å²) in [6.07, 6.45) is 0.129. The average molecular weight is 267 g/mol. The van der Waals surface area contributed by atoms with Gasteiger partial charge in [-0.2, -0.15) is 0 Å². The van der Waals surface area contributed by atoms with Crippen molar-refractivity contribution in [3.05, 3.63) is 0 Å². The van der Waals surface area contributed by atoms with Crippen LogP contribution in [0.25, 0.3) is 0 Å². The van der Waals surface area contributed by atoms with Crippen LogP contribution in [0, 0.1) is 0 Å². The van der Waals surface area contributed by atoms with E-state index in [2.05, 4.69) is 5.32 Å². The molecular weight excluding hydrogens is 245 g/mol. The van der Waals surface area contributed by atoms with E-state index in [4.69, 9.17) is 14.0 Å². The molecule has 0 aromatic heterocycles. The molecule has 2 unspecified atom stereocenters. The molecule has 1 aliphatic rings. The smallest absolute Gasteiger partial charge is 0.325 e. The number of methoxy groups -OCH3 is 1. The van der Waals surface area contributed by atoms with Crippen LogP contribution in [0.15, 0.2) is 0 Å². The van der Waals surface area contributed by atoms with Crippen LogP contribution < -0.4 is 5.32 Å². The molecule has 4 atom stereocenters. The molecule has 0 spiro atoms. The molecule has 0 aliphatic carbocycles. The maximum atomic E-state index is 11.4.